The van der Waals surface area contributed by atoms with E-state index >= 15 is 0 Å². The Morgan fingerprint density at radius 2 is 2.15 bits per heavy atom. The third kappa shape index (κ3) is 3.77. The van der Waals surface area contributed by atoms with Crippen LogP contribution in [0.5, 0.6) is 0 Å². The smallest absolute Gasteiger partial charge is 0.275 e. The van der Waals surface area contributed by atoms with E-state index in [2.05, 4.69) is 4.98 Å². The molecule has 1 atom stereocenters. The molecule has 0 aromatic carbocycles. The molecule has 0 bridgehead atoms. The van der Waals surface area contributed by atoms with Crippen molar-refractivity contribution in [3.8, 4) is 0 Å². The van der Waals surface area contributed by atoms with Gasteiger partial charge in [-0.1, -0.05) is 0 Å². The maximum Gasteiger partial charge on any atom is 0.275 e. The normalized spacial score (nSPS) is 16.9. The van der Waals surface area contributed by atoms with Crippen LogP contribution in [0, 0.1) is 19.8 Å². The van der Waals surface area contributed by atoms with Crippen molar-refractivity contribution in [2.45, 2.75) is 43.9 Å². The van der Waals surface area contributed by atoms with Gasteiger partial charge in [-0.05, 0) is 39.5 Å². The SMILES string of the molecule is Cc1nc(C)c(S(=O)(=O)NC(=O)C(C)OCC2CC2)s1. The van der Waals surface area contributed by atoms with E-state index in [4.69, 9.17) is 4.74 Å². The molecule has 112 valence electrons. The second-order valence-electron chi connectivity index (χ2n) is 4.99. The Labute approximate surface area is 122 Å². The molecule has 1 N–H and O–H groups in total. The number of carbonyl (C=O) groups is 1. The zero-order valence-electron chi connectivity index (χ0n) is 11.7. The van der Waals surface area contributed by atoms with Crippen molar-refractivity contribution in [2.24, 2.45) is 5.92 Å². The number of aryl methyl sites for hydroxylation is 2. The molecule has 1 saturated carbocycles. The van der Waals surface area contributed by atoms with Gasteiger partial charge in [0, 0.05) is 0 Å². The number of ether oxygens (including phenoxy) is 1. The maximum absolute atomic E-state index is 12.1. The third-order valence-corrected chi connectivity index (χ3v) is 6.02. The Hall–Kier alpha value is -0.990. The number of carbonyl (C=O) groups excluding carboxylic acids is 1. The number of thiazole rings is 1. The van der Waals surface area contributed by atoms with E-state index in [1.54, 1.807) is 20.8 Å². The van der Waals surface area contributed by atoms with Crippen molar-refractivity contribution in [3.63, 3.8) is 0 Å². The van der Waals surface area contributed by atoms with Gasteiger partial charge in [0.1, 0.15) is 6.10 Å². The highest BCUT2D eigenvalue weighted by atomic mass is 32.2. The summed E-state index contributed by atoms with van der Waals surface area (Å²) in [6.45, 7) is 5.39. The van der Waals surface area contributed by atoms with Gasteiger partial charge >= 0.3 is 0 Å². The lowest BCUT2D eigenvalue weighted by atomic mass is 10.4. The average Bonchev–Trinajstić information content (AvgIpc) is 3.10. The van der Waals surface area contributed by atoms with Crippen LogP contribution in [0.4, 0.5) is 0 Å². The minimum atomic E-state index is -3.86. The number of sulfonamides is 1. The molecule has 8 heteroatoms. The predicted octanol–water partition coefficient (Wildman–Crippen LogP) is 1.38. The molecule has 20 heavy (non-hydrogen) atoms. The zero-order valence-corrected chi connectivity index (χ0v) is 13.3. The van der Waals surface area contributed by atoms with E-state index in [-0.39, 0.29) is 4.21 Å². The van der Waals surface area contributed by atoms with Gasteiger partial charge in [0.15, 0.2) is 4.21 Å². The van der Waals surface area contributed by atoms with E-state index < -0.39 is 22.0 Å². The number of nitrogens with zero attached hydrogens (tertiary/aromatic N) is 1. The molecule has 1 heterocycles. The van der Waals surface area contributed by atoms with Crippen LogP contribution in [0.15, 0.2) is 4.21 Å². The van der Waals surface area contributed by atoms with Crippen LogP contribution in [0.2, 0.25) is 0 Å². The summed E-state index contributed by atoms with van der Waals surface area (Å²) in [4.78, 5) is 15.9. The van der Waals surface area contributed by atoms with E-state index in [0.717, 1.165) is 24.2 Å². The van der Waals surface area contributed by atoms with Gasteiger partial charge in [0.05, 0.1) is 17.3 Å². The number of hydrogen-bond donors (Lipinski definition) is 1. The van der Waals surface area contributed by atoms with Crippen LogP contribution in [0.25, 0.3) is 0 Å². The van der Waals surface area contributed by atoms with Crippen molar-refractivity contribution in [3.05, 3.63) is 10.7 Å². The molecule has 0 radical (unpaired) electrons. The monoisotopic (exact) mass is 318 g/mol. The van der Waals surface area contributed by atoms with Gasteiger partial charge < -0.3 is 4.74 Å². The summed E-state index contributed by atoms with van der Waals surface area (Å²) in [7, 11) is -3.86. The van der Waals surface area contributed by atoms with Gasteiger partial charge in [-0.25, -0.2) is 18.1 Å². The van der Waals surface area contributed by atoms with Crippen molar-refractivity contribution in [1.82, 2.24) is 9.71 Å². The van der Waals surface area contributed by atoms with Gasteiger partial charge in [0.2, 0.25) is 0 Å². The Kier molecular flexibility index (Phi) is 4.46. The molecular formula is C12H18N2O4S2. The van der Waals surface area contributed by atoms with Crippen LogP contribution >= 0.6 is 11.3 Å². The highest BCUT2D eigenvalue weighted by molar-refractivity contribution is 7.92. The van der Waals surface area contributed by atoms with Gasteiger partial charge in [-0.2, -0.15) is 0 Å². The molecule has 1 amide bonds. The van der Waals surface area contributed by atoms with Crippen LogP contribution < -0.4 is 4.72 Å². The minimum Gasteiger partial charge on any atom is -0.368 e. The summed E-state index contributed by atoms with van der Waals surface area (Å²) in [5.41, 5.74) is 0.402. The summed E-state index contributed by atoms with van der Waals surface area (Å²) in [5.74, 6) is -0.121. The van der Waals surface area contributed by atoms with Crippen LogP contribution in [0.1, 0.15) is 30.5 Å². The van der Waals surface area contributed by atoms with E-state index in [1.807, 2.05) is 4.72 Å². The summed E-state index contributed by atoms with van der Waals surface area (Å²) < 4.78 is 31.7. The quantitative estimate of drug-likeness (QED) is 0.856. The molecule has 1 aromatic rings. The van der Waals surface area contributed by atoms with Crippen LogP contribution in [-0.2, 0) is 19.6 Å². The Bertz CT molecular complexity index is 605. The summed E-state index contributed by atoms with van der Waals surface area (Å²) in [6.07, 6.45) is 1.46. The van der Waals surface area contributed by atoms with Crippen molar-refractivity contribution < 1.29 is 17.9 Å². The number of hydrogen-bond acceptors (Lipinski definition) is 6. The largest absolute Gasteiger partial charge is 0.368 e. The first kappa shape index (κ1) is 15.4. The Morgan fingerprint density at radius 1 is 1.50 bits per heavy atom. The first-order valence-corrected chi connectivity index (χ1v) is 8.72. The molecule has 1 aromatic heterocycles. The third-order valence-electron chi connectivity index (χ3n) is 2.99. The molecule has 1 aliphatic rings. The number of nitrogens with one attached hydrogen (secondary N) is 1. The fourth-order valence-electron chi connectivity index (χ4n) is 1.66. The van der Waals surface area contributed by atoms with E-state index in [1.165, 1.54) is 0 Å². The lowest BCUT2D eigenvalue weighted by Gasteiger charge is -2.12. The van der Waals surface area contributed by atoms with Gasteiger partial charge in [-0.15, -0.1) is 11.3 Å². The fraction of sp³-hybridized carbons (Fsp3) is 0.667. The lowest BCUT2D eigenvalue weighted by Crippen LogP contribution is -2.38. The van der Waals surface area contributed by atoms with E-state index in [9.17, 15) is 13.2 Å². The van der Waals surface area contributed by atoms with Crippen LogP contribution in [-0.4, -0.2) is 32.0 Å². The molecule has 0 spiro atoms. The molecule has 0 saturated heterocycles. The molecule has 1 unspecified atom stereocenters. The number of aromatic nitrogens is 1. The second kappa shape index (κ2) is 5.79. The molecule has 0 aliphatic heterocycles. The van der Waals surface area contributed by atoms with Crippen molar-refractivity contribution in [2.75, 3.05) is 6.61 Å². The molecule has 1 fully saturated rings. The summed E-state index contributed by atoms with van der Waals surface area (Å²) in [6, 6.07) is 0. The van der Waals surface area contributed by atoms with Crippen molar-refractivity contribution in [1.29, 1.82) is 0 Å². The molecular weight excluding hydrogens is 300 g/mol. The Balaban J connectivity index is 1.99. The topological polar surface area (TPSA) is 85.4 Å². The maximum atomic E-state index is 12.1. The van der Waals surface area contributed by atoms with E-state index in [0.29, 0.717) is 23.2 Å². The average molecular weight is 318 g/mol. The first-order chi connectivity index (χ1) is 9.29. The lowest BCUT2D eigenvalue weighted by molar-refractivity contribution is -0.130. The van der Waals surface area contributed by atoms with Gasteiger partial charge in [0.25, 0.3) is 15.9 Å². The molecule has 6 nitrogen and oxygen atoms in total. The second-order valence-corrected chi connectivity index (χ2v) is 8.08. The molecule has 2 rings (SSSR count). The number of amides is 1. The predicted molar refractivity (Wildman–Crippen MR) is 75.1 cm³/mol. The Morgan fingerprint density at radius 3 is 2.65 bits per heavy atom. The highest BCUT2D eigenvalue weighted by Crippen LogP contribution is 2.29. The zero-order chi connectivity index (χ0) is 14.9. The molecule has 1 aliphatic carbocycles. The minimum absolute atomic E-state index is 0.0812. The fourth-order valence-corrected chi connectivity index (χ4v) is 4.19. The highest BCUT2D eigenvalue weighted by Gasteiger charge is 2.28. The summed E-state index contributed by atoms with van der Waals surface area (Å²) in [5, 5.41) is 0.647. The first-order valence-electron chi connectivity index (χ1n) is 6.42. The standard InChI is InChI=1S/C12H18N2O4S2/c1-7-12(19-9(3)13-7)20(16,17)14-11(15)8(2)18-6-10-4-5-10/h8,10H,4-6H2,1-3H3,(H,14,15). The van der Waals surface area contributed by atoms with Gasteiger partial charge in [-0.3, -0.25) is 4.79 Å². The summed E-state index contributed by atoms with van der Waals surface area (Å²) >= 11 is 1.05. The number of rotatable bonds is 6. The van der Waals surface area contributed by atoms with Crippen LogP contribution in [0.3, 0.4) is 0 Å². The van der Waals surface area contributed by atoms with Crippen molar-refractivity contribution >= 4 is 27.3 Å².